The van der Waals surface area contributed by atoms with Crippen molar-refractivity contribution in [1.82, 2.24) is 10.2 Å². The van der Waals surface area contributed by atoms with E-state index < -0.39 is 0 Å². The molecule has 23 heavy (non-hydrogen) atoms. The molecule has 0 saturated carbocycles. The van der Waals surface area contributed by atoms with Gasteiger partial charge in [-0.1, -0.05) is 11.6 Å². The van der Waals surface area contributed by atoms with E-state index in [4.69, 9.17) is 21.1 Å². The van der Waals surface area contributed by atoms with Gasteiger partial charge in [0.2, 0.25) is 5.91 Å². The summed E-state index contributed by atoms with van der Waals surface area (Å²) in [7, 11) is 1.61. The first kappa shape index (κ1) is 16.6. The summed E-state index contributed by atoms with van der Waals surface area (Å²) in [5.41, 5.74) is 1.17. The molecule has 2 aliphatic heterocycles. The Morgan fingerprint density at radius 2 is 2.35 bits per heavy atom. The standard InChI is InChI=1S/C17H23ClN2O3/c1-22-15-3-2-14(18)8-13(15)9-19-16(21)10-20-6-4-17(11-20)5-7-23-12-17/h2-3,8H,4-7,9-12H2,1H3,(H,19,21)/t17-/m1/s1. The van der Waals surface area contributed by atoms with Crippen molar-refractivity contribution in [3.63, 3.8) is 0 Å². The van der Waals surface area contributed by atoms with Crippen LogP contribution in [0, 0.1) is 5.41 Å². The van der Waals surface area contributed by atoms with Crippen LogP contribution in [-0.4, -0.2) is 50.8 Å². The largest absolute Gasteiger partial charge is 0.496 e. The first-order chi connectivity index (χ1) is 11.1. The van der Waals surface area contributed by atoms with Crippen molar-refractivity contribution in [2.24, 2.45) is 5.41 Å². The third kappa shape index (κ3) is 3.97. The smallest absolute Gasteiger partial charge is 0.234 e. The van der Waals surface area contributed by atoms with Gasteiger partial charge in [-0.25, -0.2) is 0 Å². The van der Waals surface area contributed by atoms with Gasteiger partial charge in [-0.15, -0.1) is 0 Å². The molecule has 0 bridgehead atoms. The molecule has 2 fully saturated rings. The first-order valence-corrected chi connectivity index (χ1v) is 8.37. The molecular formula is C17H23ClN2O3. The van der Waals surface area contributed by atoms with E-state index in [-0.39, 0.29) is 11.3 Å². The van der Waals surface area contributed by atoms with E-state index >= 15 is 0 Å². The molecule has 0 aromatic heterocycles. The summed E-state index contributed by atoms with van der Waals surface area (Å²) in [6.07, 6.45) is 2.24. The van der Waals surface area contributed by atoms with E-state index in [9.17, 15) is 4.79 Å². The number of carbonyl (C=O) groups is 1. The van der Waals surface area contributed by atoms with E-state index in [1.54, 1.807) is 13.2 Å². The number of carbonyl (C=O) groups excluding carboxylic acids is 1. The zero-order chi connectivity index (χ0) is 16.3. The number of hydrogen-bond acceptors (Lipinski definition) is 4. The molecule has 1 spiro atoms. The van der Waals surface area contributed by atoms with E-state index in [0.29, 0.717) is 18.1 Å². The van der Waals surface area contributed by atoms with Gasteiger partial charge in [0.1, 0.15) is 5.75 Å². The number of halogens is 1. The third-order valence-corrected chi connectivity index (χ3v) is 5.02. The fourth-order valence-electron chi connectivity index (χ4n) is 3.47. The molecule has 6 heteroatoms. The Kier molecular flexibility index (Phi) is 5.09. The summed E-state index contributed by atoms with van der Waals surface area (Å²) < 4.78 is 10.8. The third-order valence-electron chi connectivity index (χ3n) is 4.79. The van der Waals surface area contributed by atoms with Gasteiger partial charge in [-0.2, -0.15) is 0 Å². The zero-order valence-electron chi connectivity index (χ0n) is 13.4. The van der Waals surface area contributed by atoms with Crippen molar-refractivity contribution in [3.05, 3.63) is 28.8 Å². The highest BCUT2D eigenvalue weighted by molar-refractivity contribution is 6.30. The Labute approximate surface area is 141 Å². The van der Waals surface area contributed by atoms with Crippen LogP contribution in [0.5, 0.6) is 5.75 Å². The number of likely N-dealkylation sites (tertiary alicyclic amines) is 1. The normalized spacial score (nSPS) is 24.3. The molecule has 2 saturated heterocycles. The van der Waals surface area contributed by atoms with Gasteiger partial charge >= 0.3 is 0 Å². The Balaban J connectivity index is 1.49. The Hall–Kier alpha value is -1.30. The van der Waals surface area contributed by atoms with Crippen LogP contribution in [0.15, 0.2) is 18.2 Å². The number of hydrogen-bond donors (Lipinski definition) is 1. The number of rotatable bonds is 5. The second-order valence-corrected chi connectivity index (χ2v) is 6.93. The first-order valence-electron chi connectivity index (χ1n) is 7.99. The maximum Gasteiger partial charge on any atom is 0.234 e. The number of ether oxygens (including phenoxy) is 2. The van der Waals surface area contributed by atoms with Gasteiger partial charge in [0.25, 0.3) is 0 Å². The molecule has 5 nitrogen and oxygen atoms in total. The average Bonchev–Trinajstić information content (AvgIpc) is 3.16. The highest BCUT2D eigenvalue weighted by atomic mass is 35.5. The molecule has 1 aromatic carbocycles. The Morgan fingerprint density at radius 1 is 1.48 bits per heavy atom. The van der Waals surface area contributed by atoms with Crippen LogP contribution in [-0.2, 0) is 16.1 Å². The predicted octanol–water partition coefficient (Wildman–Crippen LogP) is 2.08. The molecule has 1 amide bonds. The van der Waals surface area contributed by atoms with Gasteiger partial charge in [0.15, 0.2) is 0 Å². The van der Waals surface area contributed by atoms with E-state index in [1.165, 1.54) is 0 Å². The minimum atomic E-state index is 0.0305. The molecule has 1 aromatic rings. The fraction of sp³-hybridized carbons (Fsp3) is 0.588. The number of methoxy groups -OCH3 is 1. The summed E-state index contributed by atoms with van der Waals surface area (Å²) in [4.78, 5) is 14.4. The van der Waals surface area contributed by atoms with Crippen LogP contribution in [0.4, 0.5) is 0 Å². The molecule has 1 N–H and O–H groups in total. The molecule has 0 radical (unpaired) electrons. The Morgan fingerprint density at radius 3 is 3.09 bits per heavy atom. The Bertz CT molecular complexity index is 573. The van der Waals surface area contributed by atoms with Crippen LogP contribution < -0.4 is 10.1 Å². The second-order valence-electron chi connectivity index (χ2n) is 6.50. The van der Waals surface area contributed by atoms with Gasteiger partial charge in [-0.3, -0.25) is 9.69 Å². The van der Waals surface area contributed by atoms with Crippen LogP contribution in [0.25, 0.3) is 0 Å². The maximum atomic E-state index is 12.2. The van der Waals surface area contributed by atoms with Gasteiger partial charge in [0.05, 0.1) is 20.3 Å². The summed E-state index contributed by atoms with van der Waals surface area (Å²) in [6.45, 7) is 4.48. The summed E-state index contributed by atoms with van der Waals surface area (Å²) in [5, 5.41) is 3.59. The quantitative estimate of drug-likeness (QED) is 0.893. The number of nitrogens with zero attached hydrogens (tertiary/aromatic N) is 1. The minimum Gasteiger partial charge on any atom is -0.496 e. The second kappa shape index (κ2) is 7.07. The minimum absolute atomic E-state index is 0.0305. The van der Waals surface area contributed by atoms with Gasteiger partial charge in [-0.05, 0) is 37.6 Å². The molecule has 1 atom stereocenters. The monoisotopic (exact) mass is 338 g/mol. The lowest BCUT2D eigenvalue weighted by molar-refractivity contribution is -0.122. The van der Waals surface area contributed by atoms with Crippen LogP contribution in [0.2, 0.25) is 5.02 Å². The topological polar surface area (TPSA) is 50.8 Å². The molecule has 126 valence electrons. The molecule has 0 aliphatic carbocycles. The number of amides is 1. The predicted molar refractivity (Wildman–Crippen MR) is 88.8 cm³/mol. The van der Waals surface area contributed by atoms with Crippen molar-refractivity contribution >= 4 is 17.5 Å². The van der Waals surface area contributed by atoms with E-state index in [2.05, 4.69) is 10.2 Å². The van der Waals surface area contributed by atoms with E-state index in [0.717, 1.165) is 50.5 Å². The SMILES string of the molecule is COc1ccc(Cl)cc1CNC(=O)CN1CC[C@@]2(CCOC2)C1. The molecule has 2 aliphatic rings. The lowest BCUT2D eigenvalue weighted by Crippen LogP contribution is -2.37. The molecule has 2 heterocycles. The maximum absolute atomic E-state index is 12.2. The lowest BCUT2D eigenvalue weighted by atomic mass is 9.87. The van der Waals surface area contributed by atoms with Gasteiger partial charge < -0.3 is 14.8 Å². The highest BCUT2D eigenvalue weighted by Gasteiger charge is 2.41. The van der Waals surface area contributed by atoms with Crippen molar-refractivity contribution < 1.29 is 14.3 Å². The lowest BCUT2D eigenvalue weighted by Gasteiger charge is -2.21. The number of benzene rings is 1. The average molecular weight is 339 g/mol. The van der Waals surface area contributed by atoms with Crippen LogP contribution in [0.3, 0.4) is 0 Å². The van der Waals surface area contributed by atoms with Crippen LogP contribution in [0.1, 0.15) is 18.4 Å². The van der Waals surface area contributed by atoms with Crippen molar-refractivity contribution in [1.29, 1.82) is 0 Å². The highest BCUT2D eigenvalue weighted by Crippen LogP contribution is 2.37. The van der Waals surface area contributed by atoms with Crippen molar-refractivity contribution in [2.75, 3.05) is 40.0 Å². The van der Waals surface area contributed by atoms with Crippen molar-refractivity contribution in [3.8, 4) is 5.75 Å². The summed E-state index contributed by atoms with van der Waals surface area (Å²) >= 11 is 6.01. The summed E-state index contributed by atoms with van der Waals surface area (Å²) in [5.74, 6) is 0.765. The number of nitrogens with one attached hydrogen (secondary N) is 1. The molecular weight excluding hydrogens is 316 g/mol. The van der Waals surface area contributed by atoms with E-state index in [1.807, 2.05) is 12.1 Å². The van der Waals surface area contributed by atoms with Crippen molar-refractivity contribution in [2.45, 2.75) is 19.4 Å². The van der Waals surface area contributed by atoms with Crippen LogP contribution >= 0.6 is 11.6 Å². The molecule has 0 unspecified atom stereocenters. The summed E-state index contributed by atoms with van der Waals surface area (Å²) in [6, 6.07) is 5.41. The molecule has 3 rings (SSSR count). The fourth-order valence-corrected chi connectivity index (χ4v) is 3.67. The zero-order valence-corrected chi connectivity index (χ0v) is 14.2. The van der Waals surface area contributed by atoms with Gasteiger partial charge in [0, 0.05) is 35.7 Å².